The van der Waals surface area contributed by atoms with Crippen LogP contribution in [0.2, 0.25) is 0 Å². The highest BCUT2D eigenvalue weighted by molar-refractivity contribution is 9.10. The van der Waals surface area contributed by atoms with Crippen molar-refractivity contribution >= 4 is 33.6 Å². The summed E-state index contributed by atoms with van der Waals surface area (Å²) in [7, 11) is 0. The summed E-state index contributed by atoms with van der Waals surface area (Å²) in [5.74, 6) is 0.335. The van der Waals surface area contributed by atoms with Gasteiger partial charge in [-0.15, -0.1) is 11.6 Å². The van der Waals surface area contributed by atoms with Crippen LogP contribution < -0.4 is 5.32 Å². The molecule has 4 nitrogen and oxygen atoms in total. The molecule has 1 atom stereocenters. The maximum absolute atomic E-state index is 11.7. The molecule has 0 aliphatic rings. The third-order valence-corrected chi connectivity index (χ3v) is 2.98. The molecule has 0 saturated carbocycles. The van der Waals surface area contributed by atoms with Gasteiger partial charge in [-0.1, -0.05) is 0 Å². The number of nitrogens with one attached hydrogen (secondary N) is 1. The number of alkyl halides is 1. The molecule has 1 rings (SSSR count). The van der Waals surface area contributed by atoms with Gasteiger partial charge in [-0.3, -0.25) is 4.98 Å². The lowest BCUT2D eigenvalue weighted by molar-refractivity contribution is 0.0507. The van der Waals surface area contributed by atoms with E-state index in [2.05, 4.69) is 26.2 Å². The Hall–Kier alpha value is -0.810. The monoisotopic (exact) mass is 348 g/mol. The number of pyridine rings is 1. The average molecular weight is 350 g/mol. The Morgan fingerprint density at radius 2 is 2.21 bits per heavy atom. The van der Waals surface area contributed by atoms with Crippen LogP contribution in [0.3, 0.4) is 0 Å². The molecule has 1 heterocycles. The minimum Gasteiger partial charge on any atom is -0.444 e. The molecule has 1 aromatic rings. The van der Waals surface area contributed by atoms with Gasteiger partial charge >= 0.3 is 6.09 Å². The third-order valence-electron chi connectivity index (χ3n) is 2.26. The number of carbonyl (C=O) groups is 1. The quantitative estimate of drug-likeness (QED) is 0.833. The number of carbonyl (C=O) groups excluding carboxylic acids is 1. The van der Waals surface area contributed by atoms with E-state index in [1.165, 1.54) is 0 Å². The first kappa shape index (κ1) is 16.2. The van der Waals surface area contributed by atoms with Crippen molar-refractivity contribution in [2.24, 2.45) is 0 Å². The summed E-state index contributed by atoms with van der Waals surface area (Å²) in [6.07, 6.45) is 1.21. The van der Waals surface area contributed by atoms with Crippen molar-refractivity contribution in [3.8, 4) is 0 Å². The highest BCUT2D eigenvalue weighted by Gasteiger charge is 2.20. The number of ether oxygens (including phenoxy) is 1. The summed E-state index contributed by atoms with van der Waals surface area (Å²) in [6.45, 7) is 7.30. The summed E-state index contributed by atoms with van der Waals surface area (Å²) >= 11 is 9.23. The molecule has 1 amide bonds. The normalized spacial score (nSPS) is 12.9. The highest BCUT2D eigenvalue weighted by atomic mass is 79.9. The number of hydrogen-bond donors (Lipinski definition) is 1. The molecule has 0 aromatic carbocycles. The molecule has 106 valence electrons. The first-order chi connectivity index (χ1) is 8.73. The van der Waals surface area contributed by atoms with Crippen LogP contribution in [0.4, 0.5) is 4.79 Å². The van der Waals surface area contributed by atoms with Crippen molar-refractivity contribution in [1.29, 1.82) is 0 Å². The van der Waals surface area contributed by atoms with Crippen LogP contribution in [-0.4, -0.2) is 16.7 Å². The van der Waals surface area contributed by atoms with E-state index in [0.717, 1.165) is 15.7 Å². The van der Waals surface area contributed by atoms with Crippen molar-refractivity contribution in [3.05, 3.63) is 28.0 Å². The zero-order valence-electron chi connectivity index (χ0n) is 11.5. The number of nitrogens with zero attached hydrogens (tertiary/aromatic N) is 1. The van der Waals surface area contributed by atoms with E-state index in [1.54, 1.807) is 6.20 Å². The smallest absolute Gasteiger partial charge is 0.408 e. The van der Waals surface area contributed by atoms with Gasteiger partial charge in [-0.2, -0.15) is 0 Å². The first-order valence-corrected chi connectivity index (χ1v) is 7.25. The Balaban J connectivity index is 2.78. The first-order valence-electron chi connectivity index (χ1n) is 5.92. The van der Waals surface area contributed by atoms with Gasteiger partial charge in [-0.05, 0) is 55.3 Å². The summed E-state index contributed by atoms with van der Waals surface area (Å²) in [5.41, 5.74) is 1.09. The van der Waals surface area contributed by atoms with E-state index in [1.807, 2.05) is 33.8 Å². The molecule has 1 aromatic heterocycles. The van der Waals surface area contributed by atoms with Crippen LogP contribution in [-0.2, 0) is 10.6 Å². The molecule has 0 aliphatic heterocycles. The van der Waals surface area contributed by atoms with E-state index in [-0.39, 0.29) is 6.04 Å². The second-order valence-electron chi connectivity index (χ2n) is 5.20. The third kappa shape index (κ3) is 5.37. The predicted octanol–water partition coefficient (Wildman–Crippen LogP) is 4.17. The van der Waals surface area contributed by atoms with E-state index in [0.29, 0.717) is 5.88 Å². The summed E-state index contributed by atoms with van der Waals surface area (Å²) in [6, 6.07) is 1.62. The number of amides is 1. The fraction of sp³-hybridized carbons (Fsp3) is 0.538. The fourth-order valence-electron chi connectivity index (χ4n) is 1.54. The zero-order valence-corrected chi connectivity index (χ0v) is 13.8. The standard InChI is InChI=1S/C13H18BrClN2O2/c1-8(17-12(18)19-13(2,3)4)11-9(6-15)5-10(14)7-16-11/h5,7-8H,6H2,1-4H3,(H,17,18)/t8-/m0/s1. The van der Waals surface area contributed by atoms with Gasteiger partial charge in [0.2, 0.25) is 0 Å². The molecule has 19 heavy (non-hydrogen) atoms. The highest BCUT2D eigenvalue weighted by Crippen LogP contribution is 2.21. The SMILES string of the molecule is C[C@H](NC(=O)OC(C)(C)C)c1ncc(Br)cc1CCl. The number of rotatable bonds is 3. The molecular formula is C13H18BrClN2O2. The van der Waals surface area contributed by atoms with E-state index in [4.69, 9.17) is 16.3 Å². The van der Waals surface area contributed by atoms with Crippen molar-refractivity contribution in [2.75, 3.05) is 0 Å². The van der Waals surface area contributed by atoms with Gasteiger partial charge in [0.15, 0.2) is 0 Å². The van der Waals surface area contributed by atoms with Crippen LogP contribution >= 0.6 is 27.5 Å². The van der Waals surface area contributed by atoms with Crippen molar-refractivity contribution < 1.29 is 9.53 Å². The van der Waals surface area contributed by atoms with Crippen molar-refractivity contribution in [2.45, 2.75) is 45.2 Å². The minimum absolute atomic E-state index is 0.267. The van der Waals surface area contributed by atoms with Crippen LogP contribution in [0.5, 0.6) is 0 Å². The van der Waals surface area contributed by atoms with Crippen LogP contribution in [0.15, 0.2) is 16.7 Å². The lowest BCUT2D eigenvalue weighted by atomic mass is 10.1. The Kier molecular flexibility index (Phi) is 5.62. The number of halogens is 2. The zero-order chi connectivity index (χ0) is 14.6. The van der Waals surface area contributed by atoms with E-state index >= 15 is 0 Å². The van der Waals surface area contributed by atoms with E-state index in [9.17, 15) is 4.79 Å². The predicted molar refractivity (Wildman–Crippen MR) is 79.3 cm³/mol. The molecule has 0 unspecified atom stereocenters. The number of alkyl carbamates (subject to hydrolysis) is 1. The van der Waals surface area contributed by atoms with Gasteiger partial charge in [0.25, 0.3) is 0 Å². The summed E-state index contributed by atoms with van der Waals surface area (Å²) < 4.78 is 6.06. The summed E-state index contributed by atoms with van der Waals surface area (Å²) in [4.78, 5) is 16.0. The Labute approximate surface area is 127 Å². The van der Waals surface area contributed by atoms with E-state index < -0.39 is 11.7 Å². The van der Waals surface area contributed by atoms with Gasteiger partial charge in [-0.25, -0.2) is 4.79 Å². The second kappa shape index (κ2) is 6.57. The molecule has 6 heteroatoms. The Morgan fingerprint density at radius 1 is 1.58 bits per heavy atom. The van der Waals surface area contributed by atoms with Crippen LogP contribution in [0, 0.1) is 0 Å². The van der Waals surface area contributed by atoms with Crippen molar-refractivity contribution in [1.82, 2.24) is 10.3 Å². The van der Waals surface area contributed by atoms with Gasteiger partial charge < -0.3 is 10.1 Å². The van der Waals surface area contributed by atoms with Crippen molar-refractivity contribution in [3.63, 3.8) is 0 Å². The molecule has 0 aliphatic carbocycles. The molecule has 0 radical (unpaired) electrons. The molecule has 0 fully saturated rings. The fourth-order valence-corrected chi connectivity index (χ4v) is 2.13. The lowest BCUT2D eigenvalue weighted by Gasteiger charge is -2.22. The topological polar surface area (TPSA) is 51.2 Å². The maximum atomic E-state index is 11.7. The molecule has 1 N–H and O–H groups in total. The lowest BCUT2D eigenvalue weighted by Crippen LogP contribution is -2.34. The summed E-state index contributed by atoms with van der Waals surface area (Å²) in [5, 5.41) is 2.75. The van der Waals surface area contributed by atoms with Crippen LogP contribution in [0.1, 0.15) is 45.0 Å². The molecule has 0 saturated heterocycles. The molecule has 0 bridgehead atoms. The number of hydrogen-bond acceptors (Lipinski definition) is 3. The number of aromatic nitrogens is 1. The van der Waals surface area contributed by atoms with Gasteiger partial charge in [0.05, 0.1) is 11.7 Å². The Bertz CT molecular complexity index is 460. The molecular weight excluding hydrogens is 332 g/mol. The Morgan fingerprint density at radius 3 is 2.74 bits per heavy atom. The average Bonchev–Trinajstić information content (AvgIpc) is 2.25. The maximum Gasteiger partial charge on any atom is 0.408 e. The molecule has 0 spiro atoms. The van der Waals surface area contributed by atoms with Gasteiger partial charge in [0.1, 0.15) is 5.60 Å². The van der Waals surface area contributed by atoms with Gasteiger partial charge in [0, 0.05) is 16.5 Å². The minimum atomic E-state index is -0.522. The van der Waals surface area contributed by atoms with Crippen LogP contribution in [0.25, 0.3) is 0 Å². The second-order valence-corrected chi connectivity index (χ2v) is 6.38. The largest absolute Gasteiger partial charge is 0.444 e.